The molecule has 0 saturated carbocycles. The SMILES string of the molecule is C=CCN(C1CC(=O)N(c2ccc(-c3nc4ccccc4o3)cc2)C1=O)S(=O)(=O)c1ccc2ccccc2c1. The van der Waals surface area contributed by atoms with Gasteiger partial charge in [-0.15, -0.1) is 6.58 Å². The number of fused-ring (bicyclic) bond motifs is 2. The fourth-order valence-corrected chi connectivity index (χ4v) is 6.43. The molecule has 1 aromatic heterocycles. The molecule has 0 aliphatic carbocycles. The van der Waals surface area contributed by atoms with Crippen molar-refractivity contribution in [1.82, 2.24) is 9.29 Å². The Bertz CT molecular complexity index is 1830. The van der Waals surface area contributed by atoms with Gasteiger partial charge in [0.05, 0.1) is 17.0 Å². The van der Waals surface area contributed by atoms with E-state index in [-0.39, 0.29) is 17.9 Å². The van der Waals surface area contributed by atoms with Gasteiger partial charge in [0.1, 0.15) is 11.6 Å². The number of sulfonamides is 1. The summed E-state index contributed by atoms with van der Waals surface area (Å²) in [5, 5.41) is 1.65. The molecule has 2 heterocycles. The minimum absolute atomic E-state index is 0.0458. The van der Waals surface area contributed by atoms with Crippen molar-refractivity contribution in [1.29, 1.82) is 0 Å². The molecule has 4 aromatic carbocycles. The van der Waals surface area contributed by atoms with Gasteiger partial charge in [0.2, 0.25) is 21.8 Å². The Morgan fingerprint density at radius 1 is 0.949 bits per heavy atom. The summed E-state index contributed by atoms with van der Waals surface area (Å²) in [7, 11) is -4.11. The van der Waals surface area contributed by atoms with Gasteiger partial charge >= 0.3 is 0 Å². The van der Waals surface area contributed by atoms with E-state index in [0.29, 0.717) is 22.7 Å². The molecule has 1 aliphatic heterocycles. The van der Waals surface area contributed by atoms with Gasteiger partial charge in [0.15, 0.2) is 5.58 Å². The molecule has 1 aliphatic rings. The lowest BCUT2D eigenvalue weighted by Gasteiger charge is -2.26. The lowest BCUT2D eigenvalue weighted by Crippen LogP contribution is -2.45. The highest BCUT2D eigenvalue weighted by Gasteiger charge is 2.46. The van der Waals surface area contributed by atoms with Crippen LogP contribution in [0.5, 0.6) is 0 Å². The number of carbonyl (C=O) groups is 2. The Hall–Kier alpha value is -4.60. The number of amides is 2. The Morgan fingerprint density at radius 2 is 1.67 bits per heavy atom. The molecule has 9 heteroatoms. The summed E-state index contributed by atoms with van der Waals surface area (Å²) >= 11 is 0. The number of anilines is 1. The second-order valence-electron chi connectivity index (χ2n) is 9.19. The molecule has 1 saturated heterocycles. The average Bonchev–Trinajstić information content (AvgIpc) is 3.51. The average molecular weight is 538 g/mol. The lowest BCUT2D eigenvalue weighted by atomic mass is 10.1. The van der Waals surface area contributed by atoms with Gasteiger partial charge < -0.3 is 4.42 Å². The quantitative estimate of drug-likeness (QED) is 0.210. The molecule has 0 N–H and O–H groups in total. The number of para-hydroxylation sites is 2. The van der Waals surface area contributed by atoms with E-state index in [1.807, 2.05) is 48.5 Å². The van der Waals surface area contributed by atoms with Crippen LogP contribution in [0.1, 0.15) is 6.42 Å². The molecule has 0 radical (unpaired) electrons. The maximum atomic E-state index is 13.7. The summed E-state index contributed by atoms with van der Waals surface area (Å²) in [6.45, 7) is 3.55. The zero-order valence-corrected chi connectivity index (χ0v) is 21.5. The van der Waals surface area contributed by atoms with Gasteiger partial charge in [0, 0.05) is 12.1 Å². The first-order valence-corrected chi connectivity index (χ1v) is 13.8. The number of nitrogens with zero attached hydrogens (tertiary/aromatic N) is 3. The molecule has 6 rings (SSSR count). The normalized spacial score (nSPS) is 16.0. The number of hydrogen-bond acceptors (Lipinski definition) is 6. The van der Waals surface area contributed by atoms with Crippen molar-refractivity contribution in [3.05, 3.63) is 104 Å². The van der Waals surface area contributed by atoms with Crippen molar-refractivity contribution in [2.75, 3.05) is 11.4 Å². The number of imide groups is 1. The first kappa shape index (κ1) is 24.7. The van der Waals surface area contributed by atoms with Gasteiger partial charge in [-0.3, -0.25) is 9.59 Å². The second kappa shape index (κ2) is 9.61. The maximum Gasteiger partial charge on any atom is 0.252 e. The van der Waals surface area contributed by atoms with Crippen molar-refractivity contribution < 1.29 is 22.4 Å². The van der Waals surface area contributed by atoms with E-state index in [9.17, 15) is 18.0 Å². The van der Waals surface area contributed by atoms with E-state index in [2.05, 4.69) is 11.6 Å². The number of rotatable bonds is 7. The van der Waals surface area contributed by atoms with Crippen molar-refractivity contribution in [3.63, 3.8) is 0 Å². The summed E-state index contributed by atoms with van der Waals surface area (Å²) in [4.78, 5) is 32.1. The summed E-state index contributed by atoms with van der Waals surface area (Å²) in [6.07, 6.45) is 1.14. The standard InChI is InChI=1S/C30H23N3O5S/c1-2-17-32(39(36,37)24-16-13-20-7-3-4-8-22(20)18-24)26-19-28(34)33(30(26)35)23-14-11-21(12-15-23)29-31-25-9-5-6-10-27(25)38-29/h2-16,18,26H,1,17,19H2. The summed E-state index contributed by atoms with van der Waals surface area (Å²) in [6, 6.07) is 25.1. The van der Waals surface area contributed by atoms with Gasteiger partial charge in [-0.05, 0) is 59.3 Å². The Labute approximate surface area is 224 Å². The first-order valence-electron chi connectivity index (χ1n) is 12.3. The van der Waals surface area contributed by atoms with E-state index < -0.39 is 27.9 Å². The van der Waals surface area contributed by atoms with Crippen LogP contribution in [0.25, 0.3) is 33.3 Å². The zero-order valence-electron chi connectivity index (χ0n) is 20.7. The number of carbonyl (C=O) groups excluding carboxylic acids is 2. The molecule has 5 aromatic rings. The van der Waals surface area contributed by atoms with Crippen LogP contribution < -0.4 is 4.90 Å². The first-order chi connectivity index (χ1) is 18.9. The molecule has 194 valence electrons. The van der Waals surface area contributed by atoms with Crippen LogP contribution in [0.2, 0.25) is 0 Å². The molecular weight excluding hydrogens is 514 g/mol. The molecule has 0 spiro atoms. The van der Waals surface area contributed by atoms with Crippen LogP contribution in [0.4, 0.5) is 5.69 Å². The molecule has 1 atom stereocenters. The van der Waals surface area contributed by atoms with E-state index in [0.717, 1.165) is 25.5 Å². The highest BCUT2D eigenvalue weighted by molar-refractivity contribution is 7.89. The highest BCUT2D eigenvalue weighted by atomic mass is 32.2. The molecule has 8 nitrogen and oxygen atoms in total. The largest absolute Gasteiger partial charge is 0.436 e. The third-order valence-electron chi connectivity index (χ3n) is 6.77. The van der Waals surface area contributed by atoms with Gasteiger partial charge in [-0.2, -0.15) is 4.31 Å². The summed E-state index contributed by atoms with van der Waals surface area (Å²) in [5.41, 5.74) is 2.39. The van der Waals surface area contributed by atoms with Gasteiger partial charge in [-0.25, -0.2) is 18.3 Å². The number of aromatic nitrogens is 1. The Morgan fingerprint density at radius 3 is 2.41 bits per heavy atom. The molecule has 1 unspecified atom stereocenters. The van der Waals surface area contributed by atoms with Crippen LogP contribution in [-0.2, 0) is 19.6 Å². The smallest absolute Gasteiger partial charge is 0.252 e. The van der Waals surface area contributed by atoms with E-state index in [4.69, 9.17) is 4.42 Å². The van der Waals surface area contributed by atoms with Crippen LogP contribution >= 0.6 is 0 Å². The third-order valence-corrected chi connectivity index (χ3v) is 8.64. The van der Waals surface area contributed by atoms with Crippen LogP contribution in [0.15, 0.2) is 113 Å². The third kappa shape index (κ3) is 4.31. The molecule has 39 heavy (non-hydrogen) atoms. The fraction of sp³-hybridized carbons (Fsp3) is 0.100. The van der Waals surface area contributed by atoms with E-state index in [1.165, 1.54) is 12.1 Å². The maximum absolute atomic E-state index is 13.7. The van der Waals surface area contributed by atoms with Crippen molar-refractivity contribution in [3.8, 4) is 11.5 Å². The fourth-order valence-electron chi connectivity index (χ4n) is 4.84. The number of hydrogen-bond donors (Lipinski definition) is 0. The van der Waals surface area contributed by atoms with Crippen LogP contribution in [-0.4, -0.2) is 42.1 Å². The molecular formula is C30H23N3O5S. The summed E-state index contributed by atoms with van der Waals surface area (Å²) < 4.78 is 34.3. The molecule has 0 bridgehead atoms. The van der Waals surface area contributed by atoms with E-state index in [1.54, 1.807) is 36.4 Å². The van der Waals surface area contributed by atoms with Crippen molar-refractivity contribution >= 4 is 49.4 Å². The van der Waals surface area contributed by atoms with E-state index >= 15 is 0 Å². The van der Waals surface area contributed by atoms with Gasteiger partial charge in [-0.1, -0.05) is 48.5 Å². The van der Waals surface area contributed by atoms with Crippen LogP contribution in [0, 0.1) is 0 Å². The van der Waals surface area contributed by atoms with Gasteiger partial charge in [0.25, 0.3) is 5.91 Å². The predicted molar refractivity (Wildman–Crippen MR) is 148 cm³/mol. The van der Waals surface area contributed by atoms with Crippen LogP contribution in [0.3, 0.4) is 0 Å². The highest BCUT2D eigenvalue weighted by Crippen LogP contribution is 2.32. The number of oxazole rings is 1. The predicted octanol–water partition coefficient (Wildman–Crippen LogP) is 5.16. The molecule has 1 fully saturated rings. The lowest BCUT2D eigenvalue weighted by molar-refractivity contribution is -0.122. The minimum atomic E-state index is -4.11. The topological polar surface area (TPSA) is 101 Å². The second-order valence-corrected chi connectivity index (χ2v) is 11.1. The van der Waals surface area contributed by atoms with Crippen molar-refractivity contribution in [2.24, 2.45) is 0 Å². The summed E-state index contributed by atoms with van der Waals surface area (Å²) in [5.74, 6) is -0.679. The zero-order chi connectivity index (χ0) is 27.1. The number of benzene rings is 4. The Kier molecular flexibility index (Phi) is 6.09. The Balaban J connectivity index is 1.29. The monoisotopic (exact) mass is 537 g/mol. The molecule has 2 amide bonds. The van der Waals surface area contributed by atoms with Crippen molar-refractivity contribution in [2.45, 2.75) is 17.4 Å². The minimum Gasteiger partial charge on any atom is -0.436 e.